The number of hydrogen-bond donors (Lipinski definition) is 0. The molecule has 0 aliphatic rings. The number of para-hydroxylation sites is 1. The van der Waals surface area contributed by atoms with Crippen LogP contribution in [0.5, 0.6) is 0 Å². The van der Waals surface area contributed by atoms with Gasteiger partial charge in [0.1, 0.15) is 0 Å². The number of benzene rings is 11. The molecule has 0 aliphatic heterocycles. The molecule has 0 N–H and O–H groups in total. The number of thiophene rings is 1. The molecule has 0 bridgehead atoms. The molecule has 0 spiro atoms. The number of hydrogen-bond acceptors (Lipinski definition) is 2. The predicted octanol–water partition coefficient (Wildman–Crippen LogP) is 17.9. The molecule has 0 radical (unpaired) electrons. The van der Waals surface area contributed by atoms with Crippen LogP contribution >= 0.6 is 11.3 Å². The summed E-state index contributed by atoms with van der Waals surface area (Å²) >= 11 is 1.85. The van der Waals surface area contributed by atoms with Gasteiger partial charge in [-0.05, 0) is 140 Å². The molecule has 13 rings (SSSR count). The molecule has 0 unspecified atom stereocenters. The Bertz CT molecular complexity index is 3970. The van der Waals surface area contributed by atoms with Crippen LogP contribution in [0.2, 0.25) is 0 Å². The maximum Gasteiger partial charge on any atom is 0.0547 e. The van der Waals surface area contributed by atoms with Crippen LogP contribution in [0.1, 0.15) is 0 Å². The van der Waals surface area contributed by atoms with Gasteiger partial charge >= 0.3 is 0 Å². The molecule has 0 amide bonds. The summed E-state index contributed by atoms with van der Waals surface area (Å²) in [6, 6.07) is 89.2. The van der Waals surface area contributed by atoms with Gasteiger partial charge in [0, 0.05) is 53.7 Å². The molecular weight excluding hydrogens is 805 g/mol. The van der Waals surface area contributed by atoms with Crippen molar-refractivity contribution in [2.45, 2.75) is 0 Å². The number of anilines is 3. The first kappa shape index (κ1) is 37.3. The minimum Gasteiger partial charge on any atom is -0.310 e. The van der Waals surface area contributed by atoms with Crippen molar-refractivity contribution in [1.29, 1.82) is 0 Å². The van der Waals surface area contributed by atoms with E-state index in [0.717, 1.165) is 28.3 Å². The monoisotopic (exact) mass is 844 g/mol. The van der Waals surface area contributed by atoms with Crippen molar-refractivity contribution in [3.05, 3.63) is 243 Å². The first-order valence-electron chi connectivity index (χ1n) is 22.2. The maximum atomic E-state index is 2.44. The Kier molecular flexibility index (Phi) is 8.75. The van der Waals surface area contributed by atoms with Gasteiger partial charge in [0.2, 0.25) is 0 Å². The highest BCUT2D eigenvalue weighted by Gasteiger charge is 2.20. The van der Waals surface area contributed by atoms with Crippen molar-refractivity contribution >= 4 is 91.9 Å². The molecular formula is C62H40N2S. The molecule has 304 valence electrons. The van der Waals surface area contributed by atoms with Crippen molar-refractivity contribution in [2.75, 3.05) is 4.90 Å². The van der Waals surface area contributed by atoms with Gasteiger partial charge in [0.05, 0.1) is 11.0 Å². The van der Waals surface area contributed by atoms with Crippen molar-refractivity contribution in [3.8, 4) is 39.1 Å². The summed E-state index contributed by atoms with van der Waals surface area (Å²) in [5.74, 6) is 0. The molecule has 0 fully saturated rings. The summed E-state index contributed by atoms with van der Waals surface area (Å²) in [5.41, 5.74) is 13.9. The average molecular weight is 845 g/mol. The Balaban J connectivity index is 0.999. The third kappa shape index (κ3) is 6.39. The van der Waals surface area contributed by atoms with Gasteiger partial charge in [-0.2, -0.15) is 0 Å². The van der Waals surface area contributed by atoms with Gasteiger partial charge in [0.25, 0.3) is 0 Å². The summed E-state index contributed by atoms with van der Waals surface area (Å²) in [7, 11) is 0. The van der Waals surface area contributed by atoms with Crippen LogP contribution in [0, 0.1) is 0 Å². The van der Waals surface area contributed by atoms with Gasteiger partial charge < -0.3 is 9.47 Å². The van der Waals surface area contributed by atoms with E-state index in [4.69, 9.17) is 0 Å². The summed E-state index contributed by atoms with van der Waals surface area (Å²) in [5, 5.41) is 10.0. The van der Waals surface area contributed by atoms with E-state index >= 15 is 0 Å². The van der Waals surface area contributed by atoms with E-state index in [-0.39, 0.29) is 0 Å². The Labute approximate surface area is 381 Å². The topological polar surface area (TPSA) is 8.17 Å². The SMILES string of the molecule is c1ccc(-c2cc(N(c3cccc(-c4ccc5ccccc5c4)c3)c3ccc4sc5ccccc5c4c3)ccc2-c2cccc(-n3c4ccccc4c4cc5ccccc5cc43)c2)cc1. The van der Waals surface area contributed by atoms with E-state index < -0.39 is 0 Å². The molecule has 65 heavy (non-hydrogen) atoms. The number of nitrogens with zero attached hydrogens (tertiary/aromatic N) is 2. The van der Waals surface area contributed by atoms with Gasteiger partial charge in [-0.1, -0.05) is 158 Å². The van der Waals surface area contributed by atoms with Crippen molar-refractivity contribution < 1.29 is 0 Å². The molecule has 11 aromatic carbocycles. The van der Waals surface area contributed by atoms with Gasteiger partial charge in [0.15, 0.2) is 0 Å². The normalized spacial score (nSPS) is 11.7. The lowest BCUT2D eigenvalue weighted by atomic mass is 9.93. The molecule has 2 heterocycles. The van der Waals surface area contributed by atoms with Crippen LogP contribution < -0.4 is 4.90 Å². The third-order valence-corrected chi connectivity index (χ3v) is 14.3. The fraction of sp³-hybridized carbons (Fsp3) is 0. The highest BCUT2D eigenvalue weighted by molar-refractivity contribution is 7.25. The molecule has 2 aromatic heterocycles. The molecule has 0 saturated heterocycles. The Morgan fingerprint density at radius 1 is 0.292 bits per heavy atom. The zero-order chi connectivity index (χ0) is 42.8. The standard InChI is InChI=1S/C62H40N2S/c1-2-15-42(16-3-1)56-39-51(30-32-53(56)48-21-13-23-50(36-48)64-59-26-10-8-24-54(59)57-37-45-18-6-7-19-46(45)38-60(57)64)63(52-31-33-62-58(40-52)55-25-9-11-27-61(55)65-62)49-22-12-20-44(35-49)47-29-28-41-14-4-5-17-43(41)34-47/h1-40H. The second kappa shape index (κ2) is 15.2. The quantitative estimate of drug-likeness (QED) is 0.155. The van der Waals surface area contributed by atoms with Gasteiger partial charge in [-0.3, -0.25) is 0 Å². The first-order chi connectivity index (χ1) is 32.2. The molecule has 3 heteroatoms. The summed E-state index contributed by atoms with van der Waals surface area (Å²) < 4.78 is 5.03. The Morgan fingerprint density at radius 3 is 1.80 bits per heavy atom. The van der Waals surface area contributed by atoms with E-state index in [0.29, 0.717) is 0 Å². The average Bonchev–Trinajstić information content (AvgIpc) is 3.91. The Morgan fingerprint density at radius 2 is 0.923 bits per heavy atom. The summed E-state index contributed by atoms with van der Waals surface area (Å²) in [6.45, 7) is 0. The highest BCUT2D eigenvalue weighted by atomic mass is 32.1. The van der Waals surface area contributed by atoms with Crippen molar-refractivity contribution in [3.63, 3.8) is 0 Å². The van der Waals surface area contributed by atoms with Crippen LogP contribution in [0.25, 0.3) is 103 Å². The zero-order valence-corrected chi connectivity index (χ0v) is 36.2. The molecule has 2 nitrogen and oxygen atoms in total. The van der Waals surface area contributed by atoms with Crippen LogP contribution in [0.3, 0.4) is 0 Å². The lowest BCUT2D eigenvalue weighted by Gasteiger charge is -2.27. The van der Waals surface area contributed by atoms with Crippen LogP contribution in [0.4, 0.5) is 17.1 Å². The predicted molar refractivity (Wildman–Crippen MR) is 280 cm³/mol. The molecule has 13 aromatic rings. The fourth-order valence-electron chi connectivity index (χ4n) is 10.0. The minimum absolute atomic E-state index is 1.09. The first-order valence-corrected chi connectivity index (χ1v) is 23.0. The number of fused-ring (bicyclic) bond motifs is 8. The summed E-state index contributed by atoms with van der Waals surface area (Å²) in [6.07, 6.45) is 0. The van der Waals surface area contributed by atoms with Crippen LogP contribution in [-0.2, 0) is 0 Å². The minimum atomic E-state index is 1.09. The van der Waals surface area contributed by atoms with E-state index in [1.807, 2.05) is 11.3 Å². The zero-order valence-electron chi connectivity index (χ0n) is 35.4. The molecule has 0 saturated carbocycles. The molecule has 0 atom stereocenters. The second-order valence-electron chi connectivity index (χ2n) is 16.9. The number of aromatic nitrogens is 1. The highest BCUT2D eigenvalue weighted by Crippen LogP contribution is 2.45. The lowest BCUT2D eigenvalue weighted by Crippen LogP contribution is -2.10. The lowest BCUT2D eigenvalue weighted by molar-refractivity contribution is 1.18. The van der Waals surface area contributed by atoms with Crippen molar-refractivity contribution in [2.24, 2.45) is 0 Å². The van der Waals surface area contributed by atoms with Crippen LogP contribution in [-0.4, -0.2) is 4.57 Å². The largest absolute Gasteiger partial charge is 0.310 e. The van der Waals surface area contributed by atoms with E-state index in [1.165, 1.54) is 91.3 Å². The van der Waals surface area contributed by atoms with Gasteiger partial charge in [-0.25, -0.2) is 0 Å². The second-order valence-corrected chi connectivity index (χ2v) is 18.0. The van der Waals surface area contributed by atoms with E-state index in [1.54, 1.807) is 0 Å². The van der Waals surface area contributed by atoms with Gasteiger partial charge in [-0.15, -0.1) is 11.3 Å². The summed E-state index contributed by atoms with van der Waals surface area (Å²) in [4.78, 5) is 2.44. The van der Waals surface area contributed by atoms with Crippen molar-refractivity contribution in [1.82, 2.24) is 4.57 Å². The smallest absolute Gasteiger partial charge is 0.0547 e. The van der Waals surface area contributed by atoms with Crippen LogP contribution in [0.15, 0.2) is 243 Å². The maximum absolute atomic E-state index is 2.44. The molecule has 0 aliphatic carbocycles. The fourth-order valence-corrected chi connectivity index (χ4v) is 11.1. The van der Waals surface area contributed by atoms with E-state index in [9.17, 15) is 0 Å². The van der Waals surface area contributed by atoms with E-state index in [2.05, 4.69) is 252 Å². The Hall–Kier alpha value is -8.24. The number of rotatable bonds is 7. The third-order valence-electron chi connectivity index (χ3n) is 13.1.